The van der Waals surface area contributed by atoms with Crippen molar-refractivity contribution in [3.63, 3.8) is 0 Å². The third kappa shape index (κ3) is 2.94. The largest absolute Gasteiger partial charge is 0.289 e. The summed E-state index contributed by atoms with van der Waals surface area (Å²) in [6.45, 7) is 0. The molecule has 0 saturated carbocycles. The molecule has 0 saturated heterocycles. The van der Waals surface area contributed by atoms with E-state index in [2.05, 4.69) is 26.8 Å². The van der Waals surface area contributed by atoms with Gasteiger partial charge < -0.3 is 0 Å². The van der Waals surface area contributed by atoms with Crippen molar-refractivity contribution in [1.29, 1.82) is 0 Å². The summed E-state index contributed by atoms with van der Waals surface area (Å²) in [4.78, 5) is 12.4. The first-order valence-corrected chi connectivity index (χ1v) is 7.97. The van der Waals surface area contributed by atoms with E-state index < -0.39 is 0 Å². The van der Waals surface area contributed by atoms with Crippen LogP contribution in [0.25, 0.3) is 11.3 Å². The fourth-order valence-corrected chi connectivity index (χ4v) is 3.06. The van der Waals surface area contributed by atoms with Gasteiger partial charge in [-0.3, -0.25) is 9.89 Å². The number of nitrogens with zero attached hydrogens (tertiary/aromatic N) is 2. The van der Waals surface area contributed by atoms with Crippen molar-refractivity contribution in [2.75, 3.05) is 0 Å². The molecule has 1 aliphatic rings. The minimum absolute atomic E-state index is 0.350. The summed E-state index contributed by atoms with van der Waals surface area (Å²) >= 11 is 0. The molecule has 0 aliphatic heterocycles. The molecule has 4 rings (SSSR count). The number of nitrogens with one attached hydrogen (secondary N) is 2. The topological polar surface area (TPSA) is 70.1 Å². The Morgan fingerprint density at radius 1 is 1.20 bits per heavy atom. The first kappa shape index (κ1) is 15.3. The number of benzene rings is 2. The predicted octanol–water partition coefficient (Wildman–Crippen LogP) is 3.08. The highest BCUT2D eigenvalue weighted by atomic mass is 19.1. The monoisotopic (exact) mass is 334 g/mol. The Morgan fingerprint density at radius 3 is 2.96 bits per heavy atom. The predicted molar refractivity (Wildman–Crippen MR) is 92.9 cm³/mol. The van der Waals surface area contributed by atoms with Crippen LogP contribution in [-0.2, 0) is 12.8 Å². The number of aryl methyl sites for hydroxylation is 1. The van der Waals surface area contributed by atoms with Gasteiger partial charge in [0.05, 0.1) is 11.9 Å². The second-order valence-corrected chi connectivity index (χ2v) is 5.84. The maximum Gasteiger partial charge on any atom is 0.289 e. The van der Waals surface area contributed by atoms with Crippen LogP contribution < -0.4 is 5.43 Å². The van der Waals surface area contributed by atoms with Crippen molar-refractivity contribution in [1.82, 2.24) is 15.6 Å². The van der Waals surface area contributed by atoms with E-state index in [1.165, 1.54) is 23.9 Å². The van der Waals surface area contributed by atoms with Crippen molar-refractivity contribution >= 4 is 12.1 Å². The van der Waals surface area contributed by atoms with E-state index in [4.69, 9.17) is 0 Å². The van der Waals surface area contributed by atoms with E-state index >= 15 is 0 Å². The second kappa shape index (κ2) is 6.32. The highest BCUT2D eigenvalue weighted by Crippen LogP contribution is 2.33. The molecule has 0 unspecified atom stereocenters. The molecule has 5 nitrogen and oxygen atoms in total. The van der Waals surface area contributed by atoms with Crippen LogP contribution in [0.1, 0.15) is 27.2 Å². The third-order valence-electron chi connectivity index (χ3n) is 4.24. The SMILES string of the molecule is O=C(N/N=C/c1cccc(F)c1)c1[nH]nc2c1CCc1ccccc1-2. The zero-order chi connectivity index (χ0) is 17.2. The van der Waals surface area contributed by atoms with Crippen LogP contribution in [-0.4, -0.2) is 22.3 Å². The molecule has 0 spiro atoms. The maximum atomic E-state index is 13.1. The van der Waals surface area contributed by atoms with Crippen molar-refractivity contribution in [2.24, 2.45) is 5.10 Å². The Labute approximate surface area is 143 Å². The second-order valence-electron chi connectivity index (χ2n) is 5.84. The highest BCUT2D eigenvalue weighted by Gasteiger charge is 2.24. The van der Waals surface area contributed by atoms with Gasteiger partial charge in [-0.2, -0.15) is 10.2 Å². The summed E-state index contributed by atoms with van der Waals surface area (Å²) < 4.78 is 13.1. The van der Waals surface area contributed by atoms with Crippen LogP contribution in [0.2, 0.25) is 0 Å². The van der Waals surface area contributed by atoms with E-state index in [1.807, 2.05) is 18.2 Å². The van der Waals surface area contributed by atoms with Crippen LogP contribution in [0.15, 0.2) is 53.6 Å². The molecule has 1 amide bonds. The van der Waals surface area contributed by atoms with E-state index in [1.54, 1.807) is 12.1 Å². The summed E-state index contributed by atoms with van der Waals surface area (Å²) in [5, 5.41) is 11.0. The lowest BCUT2D eigenvalue weighted by molar-refractivity contribution is 0.0949. The van der Waals surface area contributed by atoms with Gasteiger partial charge in [0.25, 0.3) is 5.91 Å². The Hall–Kier alpha value is -3.28. The average molecular weight is 334 g/mol. The van der Waals surface area contributed by atoms with Gasteiger partial charge in [0.2, 0.25) is 0 Å². The number of halogens is 1. The molecule has 0 atom stereocenters. The molecular weight excluding hydrogens is 319 g/mol. The van der Waals surface area contributed by atoms with Gasteiger partial charge in [-0.1, -0.05) is 36.4 Å². The number of H-pyrrole nitrogens is 1. The molecule has 2 N–H and O–H groups in total. The first-order valence-electron chi connectivity index (χ1n) is 7.97. The maximum absolute atomic E-state index is 13.1. The van der Waals surface area contributed by atoms with E-state index in [0.717, 1.165) is 29.7 Å². The minimum Gasteiger partial charge on any atom is -0.272 e. The van der Waals surface area contributed by atoms with Crippen LogP contribution in [0.5, 0.6) is 0 Å². The van der Waals surface area contributed by atoms with Gasteiger partial charge in [0.15, 0.2) is 0 Å². The molecular formula is C19H15FN4O. The third-order valence-corrected chi connectivity index (χ3v) is 4.24. The smallest absolute Gasteiger partial charge is 0.272 e. The quantitative estimate of drug-likeness (QED) is 0.571. The standard InChI is InChI=1S/C19H15FN4O/c20-14-6-3-4-12(10-14)11-21-24-19(25)18-16-9-8-13-5-1-2-7-15(13)17(16)22-23-18/h1-7,10-11H,8-9H2,(H,22,23)(H,24,25)/b21-11+. The number of aromatic amines is 1. The van der Waals surface area contributed by atoms with Gasteiger partial charge in [0, 0.05) is 11.1 Å². The average Bonchev–Trinajstić information content (AvgIpc) is 3.06. The van der Waals surface area contributed by atoms with E-state index in [0.29, 0.717) is 11.3 Å². The Morgan fingerprint density at radius 2 is 2.08 bits per heavy atom. The Bertz CT molecular complexity index is 977. The van der Waals surface area contributed by atoms with Crippen molar-refractivity contribution in [3.05, 3.63) is 76.7 Å². The number of hydrogen-bond acceptors (Lipinski definition) is 3. The molecule has 0 radical (unpaired) electrons. The number of amides is 1. The summed E-state index contributed by atoms with van der Waals surface area (Å²) in [6, 6.07) is 14.0. The van der Waals surface area contributed by atoms with Gasteiger partial charge in [-0.15, -0.1) is 0 Å². The molecule has 1 aromatic heterocycles. The fourth-order valence-electron chi connectivity index (χ4n) is 3.06. The highest BCUT2D eigenvalue weighted by molar-refractivity contribution is 5.96. The number of carbonyl (C=O) groups excluding carboxylic acids is 1. The molecule has 25 heavy (non-hydrogen) atoms. The number of aromatic nitrogens is 2. The number of carbonyl (C=O) groups is 1. The molecule has 6 heteroatoms. The van der Waals surface area contributed by atoms with Gasteiger partial charge in [-0.25, -0.2) is 9.82 Å². The summed E-state index contributed by atoms with van der Waals surface area (Å²) in [7, 11) is 0. The van der Waals surface area contributed by atoms with Crippen molar-refractivity contribution < 1.29 is 9.18 Å². The van der Waals surface area contributed by atoms with Gasteiger partial charge in [-0.05, 0) is 36.1 Å². The fraction of sp³-hybridized carbons (Fsp3) is 0.105. The molecule has 1 heterocycles. The molecule has 0 fully saturated rings. The number of hydrogen-bond donors (Lipinski definition) is 2. The zero-order valence-corrected chi connectivity index (χ0v) is 13.3. The van der Waals surface area contributed by atoms with E-state index in [-0.39, 0.29) is 11.7 Å². The summed E-state index contributed by atoms with van der Waals surface area (Å²) in [6.07, 6.45) is 3.02. The molecule has 124 valence electrons. The first-order chi connectivity index (χ1) is 12.2. The number of hydrazone groups is 1. The number of fused-ring (bicyclic) bond motifs is 3. The van der Waals surface area contributed by atoms with Crippen LogP contribution in [0.4, 0.5) is 4.39 Å². The van der Waals surface area contributed by atoms with Crippen molar-refractivity contribution in [2.45, 2.75) is 12.8 Å². The Kier molecular flexibility index (Phi) is 3.85. The molecule has 3 aromatic rings. The summed E-state index contributed by atoms with van der Waals surface area (Å²) in [5.41, 5.74) is 7.46. The lowest BCUT2D eigenvalue weighted by Gasteiger charge is -2.15. The van der Waals surface area contributed by atoms with Crippen LogP contribution >= 0.6 is 0 Å². The van der Waals surface area contributed by atoms with E-state index in [9.17, 15) is 9.18 Å². The van der Waals surface area contributed by atoms with Crippen LogP contribution in [0.3, 0.4) is 0 Å². The lowest BCUT2D eigenvalue weighted by atomic mass is 9.89. The normalized spacial score (nSPS) is 12.7. The zero-order valence-electron chi connectivity index (χ0n) is 13.3. The minimum atomic E-state index is -0.360. The van der Waals surface area contributed by atoms with Gasteiger partial charge in [0.1, 0.15) is 11.5 Å². The molecule has 0 bridgehead atoms. The van der Waals surface area contributed by atoms with Crippen molar-refractivity contribution in [3.8, 4) is 11.3 Å². The van der Waals surface area contributed by atoms with Crippen LogP contribution in [0, 0.1) is 5.82 Å². The lowest BCUT2D eigenvalue weighted by Crippen LogP contribution is -2.20. The Balaban J connectivity index is 1.54. The molecule has 2 aromatic carbocycles. The number of rotatable bonds is 3. The molecule has 1 aliphatic carbocycles. The summed E-state index contributed by atoms with van der Waals surface area (Å²) in [5.74, 6) is -0.711. The van der Waals surface area contributed by atoms with Gasteiger partial charge >= 0.3 is 0 Å².